The quantitative estimate of drug-likeness (QED) is 0.474. The molecule has 0 spiro atoms. The summed E-state index contributed by atoms with van der Waals surface area (Å²) in [7, 11) is 1.88. The third kappa shape index (κ3) is 4.11. The van der Waals surface area contributed by atoms with Gasteiger partial charge in [0, 0.05) is 29.9 Å². The van der Waals surface area contributed by atoms with Crippen LogP contribution in [-0.2, 0) is 24.7 Å². The van der Waals surface area contributed by atoms with Gasteiger partial charge >= 0.3 is 0 Å². The first kappa shape index (κ1) is 20.6. The molecular weight excluding hydrogens is 416 g/mol. The van der Waals surface area contributed by atoms with E-state index in [1.54, 1.807) is 23.7 Å². The Kier molecular flexibility index (Phi) is 6.16. The van der Waals surface area contributed by atoms with E-state index in [9.17, 15) is 10.1 Å². The van der Waals surface area contributed by atoms with E-state index in [2.05, 4.69) is 26.6 Å². The normalized spacial score (nSPS) is 14.4. The molecule has 4 rings (SSSR count). The Morgan fingerprint density at radius 1 is 1.27 bits per heavy atom. The van der Waals surface area contributed by atoms with E-state index in [0.29, 0.717) is 15.7 Å². The third-order valence-electron chi connectivity index (χ3n) is 5.19. The van der Waals surface area contributed by atoms with Crippen molar-refractivity contribution in [3.05, 3.63) is 40.5 Å². The summed E-state index contributed by atoms with van der Waals surface area (Å²) in [4.78, 5) is 18.1. The first-order chi connectivity index (χ1) is 14.6. The van der Waals surface area contributed by atoms with Gasteiger partial charge in [-0.05, 0) is 50.3 Å². The molecule has 0 aromatic carbocycles. The lowest BCUT2D eigenvalue weighted by Crippen LogP contribution is -2.22. The van der Waals surface area contributed by atoms with Crippen LogP contribution in [0.15, 0.2) is 29.7 Å². The number of aryl methyl sites for hydroxylation is 1. The lowest BCUT2D eigenvalue weighted by atomic mass is 10.1. The number of pyridine rings is 1. The first-order valence-corrected chi connectivity index (χ1v) is 11.6. The zero-order valence-corrected chi connectivity index (χ0v) is 18.5. The number of fused-ring (bicyclic) bond motifs is 1. The van der Waals surface area contributed by atoms with Gasteiger partial charge in [-0.2, -0.15) is 5.26 Å². The predicted molar refractivity (Wildman–Crippen MR) is 118 cm³/mol. The molecule has 0 saturated heterocycles. The lowest BCUT2D eigenvalue weighted by Gasteiger charge is -2.11. The predicted octanol–water partition coefficient (Wildman–Crippen LogP) is 4.20. The molecule has 1 N–H and O–H groups in total. The van der Waals surface area contributed by atoms with Gasteiger partial charge in [0.15, 0.2) is 11.0 Å². The molecule has 1 amide bonds. The fraction of sp³-hybridized carbons (Fsp3) is 0.381. The molecule has 7 nitrogen and oxygen atoms in total. The number of nitrogens with one attached hydrogen (secondary N) is 1. The van der Waals surface area contributed by atoms with Crippen molar-refractivity contribution in [2.45, 2.75) is 49.4 Å². The molecule has 0 aliphatic heterocycles. The Bertz CT molecular complexity index is 1100. The number of thiophene rings is 1. The summed E-state index contributed by atoms with van der Waals surface area (Å²) in [5, 5.41) is 22.1. The number of amides is 1. The Morgan fingerprint density at radius 2 is 2.03 bits per heavy atom. The van der Waals surface area contributed by atoms with E-state index in [0.717, 1.165) is 42.6 Å². The Hall–Kier alpha value is -2.70. The Balaban J connectivity index is 1.48. The summed E-state index contributed by atoms with van der Waals surface area (Å²) >= 11 is 2.90. The molecule has 0 bridgehead atoms. The average molecular weight is 439 g/mol. The van der Waals surface area contributed by atoms with E-state index in [4.69, 9.17) is 0 Å². The standard InChI is InChI=1S/C21H22N6OS2/c1-13(29-21-26-25-18(27(21)2)14-8-10-23-11-9-14)19(28)24-20-16(12-22)15-6-4-3-5-7-17(15)30-20/h8-11,13H,3-7H2,1-2H3,(H,24,28)/t13-/m0/s1. The molecule has 0 radical (unpaired) electrons. The highest BCUT2D eigenvalue weighted by atomic mass is 32.2. The van der Waals surface area contributed by atoms with Gasteiger partial charge in [-0.15, -0.1) is 21.5 Å². The van der Waals surface area contributed by atoms with Crippen LogP contribution in [-0.4, -0.2) is 30.9 Å². The number of hydrogen-bond acceptors (Lipinski definition) is 7. The van der Waals surface area contributed by atoms with Crippen molar-refractivity contribution in [1.82, 2.24) is 19.7 Å². The minimum Gasteiger partial charge on any atom is -0.316 e. The van der Waals surface area contributed by atoms with Gasteiger partial charge in [0.25, 0.3) is 0 Å². The second-order valence-corrected chi connectivity index (χ2v) is 9.64. The van der Waals surface area contributed by atoms with E-state index in [1.165, 1.54) is 23.1 Å². The van der Waals surface area contributed by atoms with Gasteiger partial charge in [-0.3, -0.25) is 9.78 Å². The van der Waals surface area contributed by atoms with Gasteiger partial charge in [-0.25, -0.2) is 0 Å². The lowest BCUT2D eigenvalue weighted by molar-refractivity contribution is -0.115. The van der Waals surface area contributed by atoms with Crippen LogP contribution in [0.5, 0.6) is 0 Å². The topological polar surface area (TPSA) is 96.5 Å². The maximum atomic E-state index is 12.9. The Morgan fingerprint density at radius 3 is 2.80 bits per heavy atom. The van der Waals surface area contributed by atoms with Crippen molar-refractivity contribution >= 4 is 34.0 Å². The molecule has 3 aromatic heterocycles. The minimum atomic E-state index is -0.383. The highest BCUT2D eigenvalue weighted by Gasteiger charge is 2.24. The molecule has 1 atom stereocenters. The number of thioether (sulfide) groups is 1. The van der Waals surface area contributed by atoms with Gasteiger partial charge in [0.1, 0.15) is 11.1 Å². The fourth-order valence-corrected chi connectivity index (χ4v) is 5.60. The molecule has 0 unspecified atom stereocenters. The first-order valence-electron chi connectivity index (χ1n) is 9.90. The number of rotatable bonds is 5. The monoisotopic (exact) mass is 438 g/mol. The zero-order chi connectivity index (χ0) is 21.1. The zero-order valence-electron chi connectivity index (χ0n) is 16.9. The number of nitrogens with zero attached hydrogens (tertiary/aromatic N) is 5. The molecule has 0 saturated carbocycles. The van der Waals surface area contributed by atoms with Gasteiger partial charge in [0.05, 0.1) is 10.8 Å². The summed E-state index contributed by atoms with van der Waals surface area (Å²) in [6.07, 6.45) is 8.77. The van der Waals surface area contributed by atoms with Crippen LogP contribution in [0.25, 0.3) is 11.4 Å². The molecule has 30 heavy (non-hydrogen) atoms. The molecule has 9 heteroatoms. The second kappa shape index (κ2) is 8.98. The van der Waals surface area contributed by atoms with Crippen molar-refractivity contribution in [2.24, 2.45) is 7.05 Å². The summed E-state index contributed by atoms with van der Waals surface area (Å²) in [6, 6.07) is 6.06. The largest absolute Gasteiger partial charge is 0.316 e. The number of nitriles is 1. The van der Waals surface area contributed by atoms with E-state index in [1.807, 2.05) is 30.7 Å². The summed E-state index contributed by atoms with van der Waals surface area (Å²) < 4.78 is 1.87. The van der Waals surface area contributed by atoms with E-state index in [-0.39, 0.29) is 11.2 Å². The average Bonchev–Trinajstić information content (AvgIpc) is 3.18. The van der Waals surface area contributed by atoms with Gasteiger partial charge in [-0.1, -0.05) is 18.2 Å². The molecule has 1 aliphatic rings. The number of anilines is 1. The second-order valence-electron chi connectivity index (χ2n) is 7.23. The molecular formula is C21H22N6OS2. The summed E-state index contributed by atoms with van der Waals surface area (Å²) in [6.45, 7) is 1.84. The highest BCUT2D eigenvalue weighted by molar-refractivity contribution is 8.00. The van der Waals surface area contributed by atoms with Crippen molar-refractivity contribution < 1.29 is 4.79 Å². The summed E-state index contributed by atoms with van der Waals surface area (Å²) in [5.41, 5.74) is 2.69. The summed E-state index contributed by atoms with van der Waals surface area (Å²) in [5.74, 6) is 0.586. The van der Waals surface area contributed by atoms with Crippen molar-refractivity contribution in [3.8, 4) is 17.5 Å². The van der Waals surface area contributed by atoms with Crippen LogP contribution in [0.1, 0.15) is 42.2 Å². The van der Waals surface area contributed by atoms with Crippen molar-refractivity contribution in [1.29, 1.82) is 5.26 Å². The highest BCUT2D eigenvalue weighted by Crippen LogP contribution is 2.37. The van der Waals surface area contributed by atoms with Crippen LogP contribution < -0.4 is 5.32 Å². The number of aromatic nitrogens is 4. The number of carbonyl (C=O) groups is 1. The van der Waals surface area contributed by atoms with Crippen LogP contribution >= 0.6 is 23.1 Å². The SMILES string of the molecule is C[C@H](Sc1nnc(-c2ccncc2)n1C)C(=O)Nc1sc2c(c1C#N)CCCCC2. The molecule has 154 valence electrons. The van der Waals surface area contributed by atoms with Crippen molar-refractivity contribution in [3.63, 3.8) is 0 Å². The molecule has 0 fully saturated rings. The minimum absolute atomic E-state index is 0.138. The smallest absolute Gasteiger partial charge is 0.238 e. The fourth-order valence-electron chi connectivity index (χ4n) is 3.54. The van der Waals surface area contributed by atoms with Crippen LogP contribution in [0.4, 0.5) is 5.00 Å². The molecule has 3 aromatic rings. The van der Waals surface area contributed by atoms with Gasteiger partial charge < -0.3 is 9.88 Å². The van der Waals surface area contributed by atoms with E-state index >= 15 is 0 Å². The molecule has 3 heterocycles. The number of carbonyl (C=O) groups excluding carboxylic acids is 1. The van der Waals surface area contributed by atoms with Crippen molar-refractivity contribution in [2.75, 3.05) is 5.32 Å². The van der Waals surface area contributed by atoms with Gasteiger partial charge in [0.2, 0.25) is 5.91 Å². The Labute approximate surface area is 183 Å². The van der Waals surface area contributed by atoms with Crippen LogP contribution in [0, 0.1) is 11.3 Å². The molecule has 1 aliphatic carbocycles. The maximum absolute atomic E-state index is 12.9. The third-order valence-corrected chi connectivity index (χ3v) is 7.54. The maximum Gasteiger partial charge on any atom is 0.238 e. The van der Waals surface area contributed by atoms with Crippen LogP contribution in [0.3, 0.4) is 0 Å². The van der Waals surface area contributed by atoms with Crippen LogP contribution in [0.2, 0.25) is 0 Å². The number of hydrogen-bond donors (Lipinski definition) is 1. The van der Waals surface area contributed by atoms with E-state index < -0.39 is 0 Å².